The second-order valence-electron chi connectivity index (χ2n) is 3.16. The summed E-state index contributed by atoms with van der Waals surface area (Å²) >= 11 is 0. The fraction of sp³-hybridized carbons (Fsp3) is 0.875. The molecule has 6 heteroatoms. The van der Waals surface area contributed by atoms with Crippen molar-refractivity contribution in [1.29, 1.82) is 0 Å². The van der Waals surface area contributed by atoms with Crippen molar-refractivity contribution in [2.24, 2.45) is 0 Å². The summed E-state index contributed by atoms with van der Waals surface area (Å²) in [5, 5.41) is 27.5. The lowest BCUT2D eigenvalue weighted by Crippen LogP contribution is -2.52. The van der Waals surface area contributed by atoms with Gasteiger partial charge in [-0.25, -0.2) is 4.79 Å². The number of aliphatic hydroxyl groups is 3. The molecule has 0 bridgehead atoms. The molecule has 1 heterocycles. The molecule has 1 fully saturated rings. The Morgan fingerprint density at radius 3 is 2.71 bits per heavy atom. The normalized spacial score (nSPS) is 38.0. The van der Waals surface area contributed by atoms with Crippen molar-refractivity contribution in [3.63, 3.8) is 0 Å². The molecule has 0 aliphatic carbocycles. The first kappa shape index (κ1) is 11.4. The van der Waals surface area contributed by atoms with Gasteiger partial charge >= 0.3 is 5.97 Å². The molecule has 1 rings (SSSR count). The van der Waals surface area contributed by atoms with Crippen molar-refractivity contribution in [3.05, 3.63) is 0 Å². The van der Waals surface area contributed by atoms with Crippen molar-refractivity contribution >= 4 is 5.97 Å². The van der Waals surface area contributed by atoms with Gasteiger partial charge < -0.3 is 24.8 Å². The lowest BCUT2D eigenvalue weighted by molar-refractivity contribution is -0.197. The third-order valence-electron chi connectivity index (χ3n) is 2.21. The van der Waals surface area contributed by atoms with Crippen molar-refractivity contribution in [2.75, 3.05) is 13.7 Å². The fourth-order valence-corrected chi connectivity index (χ4v) is 1.39. The highest BCUT2D eigenvalue weighted by Gasteiger charge is 2.39. The highest BCUT2D eigenvalue weighted by atomic mass is 16.6. The highest BCUT2D eigenvalue weighted by molar-refractivity contribution is 5.74. The number of hydrogen-bond acceptors (Lipinski definition) is 6. The van der Waals surface area contributed by atoms with E-state index >= 15 is 0 Å². The van der Waals surface area contributed by atoms with E-state index in [1.165, 1.54) is 7.11 Å². The van der Waals surface area contributed by atoms with Gasteiger partial charge in [-0.15, -0.1) is 0 Å². The molecule has 0 saturated carbocycles. The monoisotopic (exact) mass is 206 g/mol. The molecule has 82 valence electrons. The minimum Gasteiger partial charge on any atom is -0.467 e. The first-order valence-corrected chi connectivity index (χ1v) is 4.30. The molecule has 0 amide bonds. The van der Waals surface area contributed by atoms with Gasteiger partial charge in [0.1, 0.15) is 12.2 Å². The number of hydrogen-bond donors (Lipinski definition) is 3. The number of carbonyl (C=O) groups is 1. The molecule has 0 aromatic heterocycles. The van der Waals surface area contributed by atoms with E-state index in [2.05, 4.69) is 4.74 Å². The smallest absolute Gasteiger partial charge is 0.335 e. The SMILES string of the molecule is COC(=O)C1CC(O)C(O)C(CO)O1. The van der Waals surface area contributed by atoms with Gasteiger partial charge in [0.2, 0.25) is 0 Å². The van der Waals surface area contributed by atoms with Gasteiger partial charge in [0.25, 0.3) is 0 Å². The molecule has 4 atom stereocenters. The summed E-state index contributed by atoms with van der Waals surface area (Å²) in [7, 11) is 1.21. The molecule has 6 nitrogen and oxygen atoms in total. The molecule has 0 radical (unpaired) electrons. The molecule has 0 spiro atoms. The van der Waals surface area contributed by atoms with E-state index in [1.54, 1.807) is 0 Å². The summed E-state index contributed by atoms with van der Waals surface area (Å²) in [6, 6.07) is 0. The van der Waals surface area contributed by atoms with Gasteiger partial charge in [0, 0.05) is 6.42 Å². The number of aliphatic hydroxyl groups excluding tert-OH is 3. The largest absolute Gasteiger partial charge is 0.467 e. The number of rotatable bonds is 2. The van der Waals surface area contributed by atoms with Gasteiger partial charge in [-0.3, -0.25) is 0 Å². The molecule has 1 saturated heterocycles. The van der Waals surface area contributed by atoms with Gasteiger partial charge in [-0.2, -0.15) is 0 Å². The Morgan fingerprint density at radius 2 is 2.21 bits per heavy atom. The van der Waals surface area contributed by atoms with Crippen molar-refractivity contribution in [3.8, 4) is 0 Å². The zero-order chi connectivity index (χ0) is 10.7. The summed E-state index contributed by atoms with van der Waals surface area (Å²) in [6.45, 7) is -0.453. The Morgan fingerprint density at radius 1 is 1.57 bits per heavy atom. The topological polar surface area (TPSA) is 96.2 Å². The van der Waals surface area contributed by atoms with Crippen LogP contribution >= 0.6 is 0 Å². The number of ether oxygens (including phenoxy) is 2. The Balaban J connectivity index is 2.62. The van der Waals surface area contributed by atoms with Crippen molar-refractivity contribution in [1.82, 2.24) is 0 Å². The van der Waals surface area contributed by atoms with Crippen LogP contribution in [0.15, 0.2) is 0 Å². The number of methoxy groups -OCH3 is 1. The molecule has 1 aliphatic rings. The maximum atomic E-state index is 11.1. The minimum atomic E-state index is -1.17. The van der Waals surface area contributed by atoms with Crippen LogP contribution in [0.25, 0.3) is 0 Å². The van der Waals surface area contributed by atoms with Gasteiger partial charge in [0.15, 0.2) is 6.10 Å². The average molecular weight is 206 g/mol. The molecule has 0 aromatic carbocycles. The van der Waals surface area contributed by atoms with Crippen LogP contribution in [0.1, 0.15) is 6.42 Å². The quantitative estimate of drug-likeness (QED) is 0.454. The fourth-order valence-electron chi connectivity index (χ4n) is 1.39. The Labute approximate surface area is 81.1 Å². The predicted octanol–water partition coefficient (Wildman–Crippen LogP) is -1.97. The standard InChI is InChI=1S/C8H14O6/c1-13-8(12)5-2-4(10)7(11)6(3-9)14-5/h4-7,9-11H,2-3H2,1H3. The van der Waals surface area contributed by atoms with Crippen LogP contribution in [0.2, 0.25) is 0 Å². The Kier molecular flexibility index (Phi) is 3.82. The summed E-state index contributed by atoms with van der Waals surface area (Å²) < 4.78 is 9.46. The number of esters is 1. The lowest BCUT2D eigenvalue weighted by atomic mass is 9.98. The molecule has 0 aromatic rings. The Bertz CT molecular complexity index is 206. The molecule has 3 N–H and O–H groups in total. The summed E-state index contributed by atoms with van der Waals surface area (Å²) in [5.41, 5.74) is 0. The minimum absolute atomic E-state index is 0.0235. The van der Waals surface area contributed by atoms with E-state index in [0.717, 1.165) is 0 Å². The third kappa shape index (κ3) is 2.21. The molecule has 14 heavy (non-hydrogen) atoms. The van der Waals surface area contributed by atoms with Crippen molar-refractivity contribution in [2.45, 2.75) is 30.8 Å². The lowest BCUT2D eigenvalue weighted by Gasteiger charge is -2.34. The van der Waals surface area contributed by atoms with E-state index in [9.17, 15) is 15.0 Å². The van der Waals surface area contributed by atoms with Crippen molar-refractivity contribution < 1.29 is 29.6 Å². The summed E-state index contributed by atoms with van der Waals surface area (Å²) in [5.74, 6) is -0.616. The second-order valence-corrected chi connectivity index (χ2v) is 3.16. The Hall–Kier alpha value is -0.690. The maximum Gasteiger partial charge on any atom is 0.335 e. The summed E-state index contributed by atoms with van der Waals surface area (Å²) in [4.78, 5) is 11.1. The second kappa shape index (κ2) is 4.70. The average Bonchev–Trinajstić information content (AvgIpc) is 2.20. The predicted molar refractivity (Wildman–Crippen MR) is 44.4 cm³/mol. The van der Waals surface area contributed by atoms with E-state index < -0.39 is 37.0 Å². The molecular weight excluding hydrogens is 192 g/mol. The van der Waals surface area contributed by atoms with Crippen LogP contribution in [-0.4, -0.2) is 59.4 Å². The first-order valence-electron chi connectivity index (χ1n) is 4.30. The van der Waals surface area contributed by atoms with E-state index in [1.807, 2.05) is 0 Å². The van der Waals surface area contributed by atoms with Crippen LogP contribution < -0.4 is 0 Å². The zero-order valence-corrected chi connectivity index (χ0v) is 7.79. The van der Waals surface area contributed by atoms with E-state index in [0.29, 0.717) is 0 Å². The van der Waals surface area contributed by atoms with Crippen LogP contribution in [0.4, 0.5) is 0 Å². The highest BCUT2D eigenvalue weighted by Crippen LogP contribution is 2.20. The van der Waals surface area contributed by atoms with Crippen LogP contribution in [0, 0.1) is 0 Å². The zero-order valence-electron chi connectivity index (χ0n) is 7.79. The van der Waals surface area contributed by atoms with Gasteiger partial charge in [-0.05, 0) is 0 Å². The molecule has 1 aliphatic heterocycles. The maximum absolute atomic E-state index is 11.1. The van der Waals surface area contributed by atoms with E-state index in [-0.39, 0.29) is 6.42 Å². The van der Waals surface area contributed by atoms with Crippen LogP contribution in [0.5, 0.6) is 0 Å². The van der Waals surface area contributed by atoms with Gasteiger partial charge in [-0.1, -0.05) is 0 Å². The van der Waals surface area contributed by atoms with E-state index in [4.69, 9.17) is 9.84 Å². The molecular formula is C8H14O6. The number of carbonyl (C=O) groups excluding carboxylic acids is 1. The van der Waals surface area contributed by atoms with Crippen LogP contribution in [-0.2, 0) is 14.3 Å². The van der Waals surface area contributed by atoms with Gasteiger partial charge in [0.05, 0.1) is 19.8 Å². The molecule has 4 unspecified atom stereocenters. The third-order valence-corrected chi connectivity index (χ3v) is 2.21. The first-order chi connectivity index (χ1) is 6.60. The van der Waals surface area contributed by atoms with Crippen LogP contribution in [0.3, 0.4) is 0 Å². The summed E-state index contributed by atoms with van der Waals surface area (Å²) in [6.07, 6.45) is -4.13.